The number of aromatic nitrogens is 1. The van der Waals surface area contributed by atoms with Crippen LogP contribution in [0.1, 0.15) is 29.0 Å². The summed E-state index contributed by atoms with van der Waals surface area (Å²) in [6.45, 7) is 4.77. The van der Waals surface area contributed by atoms with E-state index in [2.05, 4.69) is 16.8 Å². The zero-order chi connectivity index (χ0) is 12.2. The van der Waals surface area contributed by atoms with Crippen molar-refractivity contribution in [1.82, 2.24) is 9.88 Å². The molecule has 0 unspecified atom stereocenters. The normalized spacial score (nSPS) is 19.2. The zero-order valence-electron chi connectivity index (χ0n) is 9.75. The lowest BCUT2D eigenvalue weighted by molar-refractivity contribution is 0.0919. The molecule has 1 N–H and O–H groups in total. The molecule has 4 heteroatoms. The van der Waals surface area contributed by atoms with Crippen molar-refractivity contribution in [3.05, 3.63) is 34.5 Å². The van der Waals surface area contributed by atoms with Crippen LogP contribution in [0, 0.1) is 6.92 Å². The molecule has 17 heavy (non-hydrogen) atoms. The Morgan fingerprint density at radius 1 is 1.47 bits per heavy atom. The third kappa shape index (κ3) is 1.39. The van der Waals surface area contributed by atoms with Gasteiger partial charge in [-0.25, -0.2) is 0 Å². The largest absolute Gasteiger partial charge is 0.349 e. The van der Waals surface area contributed by atoms with Crippen LogP contribution in [0.2, 0.25) is 5.02 Å². The lowest BCUT2D eigenvalue weighted by Crippen LogP contribution is -2.37. The molecule has 2 aromatic rings. The Labute approximate surface area is 104 Å². The van der Waals surface area contributed by atoms with Gasteiger partial charge in [-0.1, -0.05) is 17.7 Å². The summed E-state index contributed by atoms with van der Waals surface area (Å²) in [5.41, 5.74) is 2.84. The number of fused-ring (bicyclic) bond motifs is 3. The first-order valence-electron chi connectivity index (χ1n) is 5.68. The topological polar surface area (TPSA) is 34.0 Å². The van der Waals surface area contributed by atoms with Crippen LogP contribution >= 0.6 is 11.6 Å². The van der Waals surface area contributed by atoms with Gasteiger partial charge in [-0.05, 0) is 31.5 Å². The van der Waals surface area contributed by atoms with Crippen molar-refractivity contribution in [2.75, 3.05) is 6.54 Å². The number of hydrogen-bond acceptors (Lipinski definition) is 1. The molecule has 0 aliphatic carbocycles. The molecule has 1 aliphatic rings. The van der Waals surface area contributed by atoms with Crippen LogP contribution in [0.3, 0.4) is 0 Å². The van der Waals surface area contributed by atoms with E-state index < -0.39 is 0 Å². The van der Waals surface area contributed by atoms with E-state index in [1.165, 1.54) is 0 Å². The molecule has 1 atom stereocenters. The number of aryl methyl sites for hydroxylation is 1. The molecule has 0 bridgehead atoms. The van der Waals surface area contributed by atoms with Gasteiger partial charge in [0.25, 0.3) is 5.91 Å². The minimum Gasteiger partial charge on any atom is -0.349 e. The van der Waals surface area contributed by atoms with Gasteiger partial charge in [-0.15, -0.1) is 0 Å². The van der Waals surface area contributed by atoms with E-state index in [1.54, 1.807) is 0 Å². The van der Waals surface area contributed by atoms with Gasteiger partial charge in [0.05, 0.1) is 5.52 Å². The van der Waals surface area contributed by atoms with Crippen molar-refractivity contribution in [1.29, 1.82) is 0 Å². The average Bonchev–Trinajstić information content (AvgIpc) is 2.70. The molecule has 2 heterocycles. The Morgan fingerprint density at radius 3 is 3.00 bits per heavy atom. The van der Waals surface area contributed by atoms with Gasteiger partial charge in [-0.3, -0.25) is 4.79 Å². The average molecular weight is 249 g/mol. The molecule has 1 aromatic carbocycles. The van der Waals surface area contributed by atoms with Crippen LogP contribution < -0.4 is 5.32 Å². The molecule has 1 aliphatic heterocycles. The highest BCUT2D eigenvalue weighted by Crippen LogP contribution is 2.32. The van der Waals surface area contributed by atoms with Gasteiger partial charge in [0.2, 0.25) is 0 Å². The fourth-order valence-corrected chi connectivity index (χ4v) is 2.68. The van der Waals surface area contributed by atoms with Crippen LogP contribution in [0.25, 0.3) is 10.9 Å². The Bertz CT molecular complexity index is 630. The predicted octanol–water partition coefficient (Wildman–Crippen LogP) is 2.91. The summed E-state index contributed by atoms with van der Waals surface area (Å²) in [6, 6.07) is 6.05. The first kappa shape index (κ1) is 10.7. The van der Waals surface area contributed by atoms with Crippen LogP contribution in [0.5, 0.6) is 0 Å². The smallest absolute Gasteiger partial charge is 0.268 e. The molecule has 0 saturated heterocycles. The van der Waals surface area contributed by atoms with Crippen molar-refractivity contribution in [3.63, 3.8) is 0 Å². The fraction of sp³-hybridized carbons (Fsp3) is 0.308. The maximum absolute atomic E-state index is 11.8. The molecule has 3 rings (SSSR count). The second kappa shape index (κ2) is 3.50. The predicted molar refractivity (Wildman–Crippen MR) is 68.7 cm³/mol. The van der Waals surface area contributed by atoms with E-state index in [0.717, 1.165) is 27.2 Å². The number of hydrogen-bond donors (Lipinski definition) is 1. The maximum Gasteiger partial charge on any atom is 0.268 e. The Hall–Kier alpha value is -1.48. The van der Waals surface area contributed by atoms with Gasteiger partial charge in [0.15, 0.2) is 0 Å². The molecule has 0 saturated carbocycles. The van der Waals surface area contributed by atoms with Crippen molar-refractivity contribution >= 4 is 28.4 Å². The van der Waals surface area contributed by atoms with E-state index in [1.807, 2.05) is 25.1 Å². The highest BCUT2D eigenvalue weighted by molar-refractivity contribution is 6.32. The zero-order valence-corrected chi connectivity index (χ0v) is 10.5. The number of amides is 1. The number of carbonyl (C=O) groups is 1. The van der Waals surface area contributed by atoms with Crippen LogP contribution in [0.4, 0.5) is 0 Å². The fourth-order valence-electron chi connectivity index (χ4n) is 2.53. The number of benzene rings is 1. The number of carbonyl (C=O) groups excluding carboxylic acids is 1. The quantitative estimate of drug-likeness (QED) is 0.764. The Kier molecular flexibility index (Phi) is 2.20. The highest BCUT2D eigenvalue weighted by Gasteiger charge is 2.25. The summed E-state index contributed by atoms with van der Waals surface area (Å²) in [4.78, 5) is 11.8. The van der Waals surface area contributed by atoms with Gasteiger partial charge < -0.3 is 9.88 Å². The standard InChI is InChI=1S/C13H13ClN2O/c1-7-6-15-13(17)11-5-9-3-4-10(14)8(2)12(9)16(7)11/h3-5,7H,6H2,1-2H3,(H,15,17)/t7-/m1/s1. The minimum absolute atomic E-state index is 0.00479. The number of rotatable bonds is 0. The third-order valence-electron chi connectivity index (χ3n) is 3.42. The summed E-state index contributed by atoms with van der Waals surface area (Å²) in [5, 5.41) is 4.71. The summed E-state index contributed by atoms with van der Waals surface area (Å²) in [6.07, 6.45) is 0. The van der Waals surface area contributed by atoms with Gasteiger partial charge >= 0.3 is 0 Å². The number of nitrogens with one attached hydrogen (secondary N) is 1. The maximum atomic E-state index is 11.8. The minimum atomic E-state index is -0.00479. The van der Waals surface area contributed by atoms with Crippen molar-refractivity contribution in [2.24, 2.45) is 0 Å². The highest BCUT2D eigenvalue weighted by atomic mass is 35.5. The summed E-state index contributed by atoms with van der Waals surface area (Å²) in [5.74, 6) is -0.00479. The molecular weight excluding hydrogens is 236 g/mol. The first-order valence-corrected chi connectivity index (χ1v) is 6.05. The van der Waals surface area contributed by atoms with E-state index in [4.69, 9.17) is 11.6 Å². The SMILES string of the molecule is Cc1c(Cl)ccc2cc3n(c12)[C@H](C)CNC3=O. The number of halogens is 1. The van der Waals surface area contributed by atoms with E-state index >= 15 is 0 Å². The second-order valence-corrected chi connectivity index (χ2v) is 4.98. The monoisotopic (exact) mass is 248 g/mol. The summed E-state index contributed by atoms with van der Waals surface area (Å²) in [7, 11) is 0. The number of nitrogens with zero attached hydrogens (tertiary/aromatic N) is 1. The summed E-state index contributed by atoms with van der Waals surface area (Å²) >= 11 is 6.16. The van der Waals surface area contributed by atoms with Crippen LogP contribution in [-0.2, 0) is 0 Å². The lowest BCUT2D eigenvalue weighted by atomic mass is 10.1. The van der Waals surface area contributed by atoms with Crippen molar-refractivity contribution < 1.29 is 4.79 Å². The Morgan fingerprint density at radius 2 is 2.24 bits per heavy atom. The van der Waals surface area contributed by atoms with Gasteiger partial charge in [0, 0.05) is 23.0 Å². The molecular formula is C13H13ClN2O. The summed E-state index contributed by atoms with van der Waals surface area (Å²) < 4.78 is 2.09. The molecule has 0 spiro atoms. The van der Waals surface area contributed by atoms with Crippen LogP contribution in [0.15, 0.2) is 18.2 Å². The van der Waals surface area contributed by atoms with Gasteiger partial charge in [-0.2, -0.15) is 0 Å². The first-order chi connectivity index (χ1) is 8.09. The van der Waals surface area contributed by atoms with E-state index in [-0.39, 0.29) is 11.9 Å². The molecule has 0 fully saturated rings. The second-order valence-electron chi connectivity index (χ2n) is 4.57. The van der Waals surface area contributed by atoms with Gasteiger partial charge in [0.1, 0.15) is 5.69 Å². The Balaban J connectivity index is 2.44. The van der Waals surface area contributed by atoms with Crippen molar-refractivity contribution in [2.45, 2.75) is 19.9 Å². The van der Waals surface area contributed by atoms with E-state index in [0.29, 0.717) is 6.54 Å². The van der Waals surface area contributed by atoms with E-state index in [9.17, 15) is 4.79 Å². The van der Waals surface area contributed by atoms with Crippen molar-refractivity contribution in [3.8, 4) is 0 Å². The molecule has 1 aromatic heterocycles. The molecule has 0 radical (unpaired) electrons. The lowest BCUT2D eigenvalue weighted by Gasteiger charge is -2.24. The molecule has 88 valence electrons. The molecule has 3 nitrogen and oxygen atoms in total. The third-order valence-corrected chi connectivity index (χ3v) is 3.83. The van der Waals surface area contributed by atoms with Crippen LogP contribution in [-0.4, -0.2) is 17.0 Å². The molecule has 1 amide bonds.